The molecule has 2 aromatic rings. The maximum atomic E-state index is 12.7. The normalized spacial score (nSPS) is 17.4. The summed E-state index contributed by atoms with van der Waals surface area (Å²) in [5.74, 6) is 0.431. The van der Waals surface area contributed by atoms with Gasteiger partial charge >= 0.3 is 5.97 Å². The maximum Gasteiger partial charge on any atom is 0.343 e. The van der Waals surface area contributed by atoms with Gasteiger partial charge in [0.25, 0.3) is 6.47 Å². The smallest absolute Gasteiger partial charge is 0.343 e. The van der Waals surface area contributed by atoms with Gasteiger partial charge < -0.3 is 25.2 Å². The standard InChI is InChI=1S/C27H35N3O5.CH2O2/c1-34-27(33)20-35-24-11-8-21(9-12-24)18-30-17-5-15-28-25(31)13-10-23(14-16-29-26(32)19-30)22-6-3-2-4-7-22;2-1-3/h2-4,6-9,11-12,23H,5,10,13-20H2,1H3,(H,28,31)(H,29,32);1H,(H,2,3). The molecule has 0 aliphatic carbocycles. The minimum Gasteiger partial charge on any atom is -0.483 e. The second-order valence-corrected chi connectivity index (χ2v) is 8.81. The first-order valence-corrected chi connectivity index (χ1v) is 12.6. The first-order valence-electron chi connectivity index (χ1n) is 12.6. The van der Waals surface area contributed by atoms with Crippen LogP contribution in [0, 0.1) is 0 Å². The van der Waals surface area contributed by atoms with Gasteiger partial charge in [0, 0.05) is 32.6 Å². The van der Waals surface area contributed by atoms with Gasteiger partial charge in [0.05, 0.1) is 13.7 Å². The zero-order valence-electron chi connectivity index (χ0n) is 21.8. The number of hydrogen-bond acceptors (Lipinski definition) is 7. The van der Waals surface area contributed by atoms with Crippen molar-refractivity contribution in [1.29, 1.82) is 0 Å². The highest BCUT2D eigenvalue weighted by molar-refractivity contribution is 5.78. The van der Waals surface area contributed by atoms with Gasteiger partial charge in [-0.1, -0.05) is 42.5 Å². The number of carbonyl (C=O) groups is 4. The number of carboxylic acid groups (broad SMARTS) is 1. The molecule has 1 aliphatic rings. The van der Waals surface area contributed by atoms with Crippen LogP contribution >= 0.6 is 0 Å². The number of benzene rings is 2. The highest BCUT2D eigenvalue weighted by Gasteiger charge is 2.17. The molecule has 38 heavy (non-hydrogen) atoms. The zero-order valence-corrected chi connectivity index (χ0v) is 21.8. The van der Waals surface area contributed by atoms with Gasteiger partial charge in [0.1, 0.15) is 5.75 Å². The van der Waals surface area contributed by atoms with Crippen LogP contribution in [0.2, 0.25) is 0 Å². The number of carbonyl (C=O) groups excluding carboxylic acids is 3. The van der Waals surface area contributed by atoms with Crippen LogP contribution in [0.25, 0.3) is 0 Å². The van der Waals surface area contributed by atoms with Crippen LogP contribution in [0.5, 0.6) is 5.75 Å². The van der Waals surface area contributed by atoms with Crippen LogP contribution in [0.15, 0.2) is 54.6 Å². The maximum absolute atomic E-state index is 12.7. The van der Waals surface area contributed by atoms with Crippen molar-refractivity contribution in [2.75, 3.05) is 39.9 Å². The van der Waals surface area contributed by atoms with Crippen LogP contribution in [0.3, 0.4) is 0 Å². The SMILES string of the molecule is COC(=O)COc1ccc(CN2CCCNC(=O)CCC(c3ccccc3)CCNC(=O)C2)cc1.O=CO. The quantitative estimate of drug-likeness (QED) is 0.385. The highest BCUT2D eigenvalue weighted by atomic mass is 16.6. The van der Waals surface area contributed by atoms with E-state index in [9.17, 15) is 14.4 Å². The van der Waals surface area contributed by atoms with E-state index >= 15 is 0 Å². The predicted molar refractivity (Wildman–Crippen MR) is 142 cm³/mol. The lowest BCUT2D eigenvalue weighted by Gasteiger charge is -2.23. The van der Waals surface area contributed by atoms with Crippen molar-refractivity contribution in [2.45, 2.75) is 38.1 Å². The second kappa shape index (κ2) is 17.5. The van der Waals surface area contributed by atoms with E-state index < -0.39 is 5.97 Å². The molecule has 10 heteroatoms. The van der Waals surface area contributed by atoms with Gasteiger partial charge in [-0.2, -0.15) is 0 Å². The van der Waals surface area contributed by atoms with Crippen molar-refractivity contribution in [3.8, 4) is 5.75 Å². The zero-order chi connectivity index (χ0) is 27.6. The Hall–Kier alpha value is -3.92. The Balaban J connectivity index is 0.00000161. The monoisotopic (exact) mass is 527 g/mol. The minimum absolute atomic E-state index is 0.00376. The van der Waals surface area contributed by atoms with Crippen molar-refractivity contribution < 1.29 is 33.8 Å². The molecule has 1 atom stereocenters. The molecule has 2 aromatic carbocycles. The Bertz CT molecular complexity index is 999. The third kappa shape index (κ3) is 11.9. The average Bonchev–Trinajstić information content (AvgIpc) is 2.92. The summed E-state index contributed by atoms with van der Waals surface area (Å²) in [5.41, 5.74) is 2.22. The number of esters is 1. The number of methoxy groups -OCH3 is 1. The number of nitrogens with zero attached hydrogens (tertiary/aromatic N) is 1. The second-order valence-electron chi connectivity index (χ2n) is 8.81. The highest BCUT2D eigenvalue weighted by Crippen LogP contribution is 2.24. The van der Waals surface area contributed by atoms with Gasteiger partial charge in [-0.05, 0) is 48.4 Å². The van der Waals surface area contributed by atoms with E-state index in [4.69, 9.17) is 14.6 Å². The number of hydrogen-bond donors (Lipinski definition) is 3. The molecular formula is C28H37N3O7. The molecule has 2 amide bonds. The van der Waals surface area contributed by atoms with E-state index in [2.05, 4.69) is 32.4 Å². The lowest BCUT2D eigenvalue weighted by molar-refractivity contribution is -0.143. The summed E-state index contributed by atoms with van der Waals surface area (Å²) >= 11 is 0. The molecule has 1 heterocycles. The molecule has 0 aromatic heterocycles. The van der Waals surface area contributed by atoms with Crippen molar-refractivity contribution >= 4 is 24.3 Å². The first-order chi connectivity index (χ1) is 18.4. The molecule has 206 valence electrons. The van der Waals surface area contributed by atoms with Crippen LogP contribution < -0.4 is 15.4 Å². The van der Waals surface area contributed by atoms with E-state index in [1.54, 1.807) is 12.1 Å². The summed E-state index contributed by atoms with van der Waals surface area (Å²) in [7, 11) is 1.32. The Kier molecular flexibility index (Phi) is 14.0. The Morgan fingerprint density at radius 3 is 2.39 bits per heavy atom. The van der Waals surface area contributed by atoms with Gasteiger partial charge in [-0.25, -0.2) is 4.79 Å². The molecular weight excluding hydrogens is 490 g/mol. The predicted octanol–water partition coefficient (Wildman–Crippen LogP) is 2.33. The summed E-state index contributed by atoms with van der Waals surface area (Å²) in [6.45, 7) is 2.31. The molecule has 1 saturated heterocycles. The molecule has 10 nitrogen and oxygen atoms in total. The van der Waals surface area contributed by atoms with Crippen molar-refractivity contribution in [1.82, 2.24) is 15.5 Å². The Morgan fingerprint density at radius 1 is 1.03 bits per heavy atom. The topological polar surface area (TPSA) is 134 Å². The van der Waals surface area contributed by atoms with Gasteiger partial charge in [-0.15, -0.1) is 0 Å². The molecule has 3 rings (SSSR count). The molecule has 0 radical (unpaired) electrons. The van der Waals surface area contributed by atoms with E-state index in [1.165, 1.54) is 12.7 Å². The first kappa shape index (κ1) is 30.3. The van der Waals surface area contributed by atoms with Crippen molar-refractivity contribution in [2.24, 2.45) is 0 Å². The lowest BCUT2D eigenvalue weighted by atomic mass is 9.91. The summed E-state index contributed by atoms with van der Waals surface area (Å²) < 4.78 is 9.97. The molecule has 1 fully saturated rings. The molecule has 1 aliphatic heterocycles. The fourth-order valence-corrected chi connectivity index (χ4v) is 4.14. The third-order valence-corrected chi connectivity index (χ3v) is 6.06. The van der Waals surface area contributed by atoms with E-state index in [0.29, 0.717) is 38.3 Å². The van der Waals surface area contributed by atoms with Crippen molar-refractivity contribution in [3.05, 3.63) is 65.7 Å². The molecule has 1 unspecified atom stereocenters. The van der Waals surface area contributed by atoms with E-state index in [-0.39, 0.29) is 37.4 Å². The summed E-state index contributed by atoms with van der Waals surface area (Å²) in [6.07, 6.45) is 2.77. The summed E-state index contributed by atoms with van der Waals surface area (Å²) in [6, 6.07) is 17.6. The molecule has 0 spiro atoms. The fourth-order valence-electron chi connectivity index (χ4n) is 4.14. The Morgan fingerprint density at radius 2 is 1.71 bits per heavy atom. The van der Waals surface area contributed by atoms with E-state index in [0.717, 1.165) is 24.8 Å². The molecule has 0 saturated carbocycles. The largest absolute Gasteiger partial charge is 0.483 e. The molecule has 0 bridgehead atoms. The van der Waals surface area contributed by atoms with Crippen LogP contribution in [-0.2, 0) is 30.5 Å². The summed E-state index contributed by atoms with van der Waals surface area (Å²) in [4.78, 5) is 46.7. The third-order valence-electron chi connectivity index (χ3n) is 6.06. The number of nitrogens with one attached hydrogen (secondary N) is 2. The van der Waals surface area contributed by atoms with Gasteiger partial charge in [0.15, 0.2) is 6.61 Å². The average molecular weight is 528 g/mol. The molecule has 3 N–H and O–H groups in total. The van der Waals surface area contributed by atoms with Crippen LogP contribution in [0.4, 0.5) is 0 Å². The lowest BCUT2D eigenvalue weighted by Crippen LogP contribution is -2.39. The fraction of sp³-hybridized carbons (Fsp3) is 0.429. The Labute approximate surface area is 223 Å². The van der Waals surface area contributed by atoms with Gasteiger partial charge in [0.2, 0.25) is 11.8 Å². The minimum atomic E-state index is -0.437. The van der Waals surface area contributed by atoms with Crippen molar-refractivity contribution in [3.63, 3.8) is 0 Å². The number of amides is 2. The number of ether oxygens (including phenoxy) is 2. The van der Waals surface area contributed by atoms with Gasteiger partial charge in [-0.3, -0.25) is 19.3 Å². The van der Waals surface area contributed by atoms with Crippen LogP contribution in [-0.4, -0.2) is 74.2 Å². The number of rotatable bonds is 6. The van der Waals surface area contributed by atoms with E-state index in [1.807, 2.05) is 30.3 Å². The van der Waals surface area contributed by atoms with Crippen LogP contribution in [0.1, 0.15) is 42.7 Å². The summed E-state index contributed by atoms with van der Waals surface area (Å²) in [5, 5.41) is 13.0.